The molecule has 1 N–H and O–H groups in total. The predicted molar refractivity (Wildman–Crippen MR) is 86.2 cm³/mol. The number of hydrogen-bond donors (Lipinski definition) is 1. The predicted octanol–water partition coefficient (Wildman–Crippen LogP) is 2.08. The Hall–Kier alpha value is -2.40. The van der Waals surface area contributed by atoms with Gasteiger partial charge < -0.3 is 14.7 Å². The van der Waals surface area contributed by atoms with Crippen LogP contribution in [0.15, 0.2) is 42.5 Å². The number of hydrogen-bond acceptors (Lipinski definition) is 3. The van der Waals surface area contributed by atoms with Gasteiger partial charge >= 0.3 is 5.97 Å². The smallest absolute Gasteiger partial charge is 0.326 e. The van der Waals surface area contributed by atoms with Crippen LogP contribution >= 0.6 is 0 Å². The molecule has 2 atom stereocenters. The lowest BCUT2D eigenvalue weighted by molar-refractivity contribution is -0.148. The molecule has 0 spiro atoms. The fourth-order valence-corrected chi connectivity index (χ4v) is 3.10. The number of aliphatic carboxylic acids is 1. The molecule has 2 unspecified atom stereocenters. The number of carbonyl (C=O) groups is 2. The highest BCUT2D eigenvalue weighted by Crippen LogP contribution is 2.22. The molecular weight excluding hydrogens is 294 g/mol. The third-order valence-corrected chi connectivity index (χ3v) is 4.37. The Morgan fingerprint density at radius 3 is 2.65 bits per heavy atom. The van der Waals surface area contributed by atoms with E-state index in [-0.39, 0.29) is 18.4 Å². The van der Waals surface area contributed by atoms with Crippen LogP contribution < -0.4 is 0 Å². The molecule has 3 rings (SSSR count). The van der Waals surface area contributed by atoms with Crippen LogP contribution in [0.3, 0.4) is 0 Å². The largest absolute Gasteiger partial charge is 0.480 e. The van der Waals surface area contributed by atoms with E-state index in [0.29, 0.717) is 13.0 Å². The third-order valence-electron chi connectivity index (χ3n) is 4.37. The summed E-state index contributed by atoms with van der Waals surface area (Å²) in [5, 5.41) is 11.5. The SMILES string of the molecule is COC1CC(C(=O)O)N(C(=O)Cc2ccc3ccccc3c2)C1. The number of nitrogens with zero attached hydrogens (tertiary/aromatic N) is 1. The molecular formula is C18H19NO4. The normalized spacial score (nSPS) is 20.8. The van der Waals surface area contributed by atoms with E-state index in [9.17, 15) is 14.7 Å². The summed E-state index contributed by atoms with van der Waals surface area (Å²) in [4.78, 5) is 25.3. The minimum absolute atomic E-state index is 0.174. The average molecular weight is 313 g/mol. The highest BCUT2D eigenvalue weighted by atomic mass is 16.5. The quantitative estimate of drug-likeness (QED) is 0.938. The van der Waals surface area contributed by atoms with Gasteiger partial charge in [0.05, 0.1) is 12.5 Å². The van der Waals surface area contributed by atoms with Crippen molar-refractivity contribution in [2.45, 2.75) is 25.0 Å². The summed E-state index contributed by atoms with van der Waals surface area (Å²) in [6.45, 7) is 0.333. The van der Waals surface area contributed by atoms with Gasteiger partial charge in [0.25, 0.3) is 0 Å². The lowest BCUT2D eigenvalue weighted by Gasteiger charge is -2.21. The van der Waals surface area contributed by atoms with Crippen molar-refractivity contribution in [1.29, 1.82) is 0 Å². The van der Waals surface area contributed by atoms with Crippen molar-refractivity contribution in [1.82, 2.24) is 4.90 Å². The van der Waals surface area contributed by atoms with Crippen LogP contribution in [0, 0.1) is 0 Å². The zero-order valence-electron chi connectivity index (χ0n) is 12.9. The van der Waals surface area contributed by atoms with E-state index in [1.54, 1.807) is 7.11 Å². The summed E-state index contributed by atoms with van der Waals surface area (Å²) in [5.41, 5.74) is 0.888. The molecule has 1 heterocycles. The number of carboxylic acids is 1. The Labute approximate surface area is 134 Å². The Bertz CT molecular complexity index is 743. The highest BCUT2D eigenvalue weighted by Gasteiger charge is 2.39. The molecule has 120 valence electrons. The van der Waals surface area contributed by atoms with Gasteiger partial charge in [0.15, 0.2) is 0 Å². The Morgan fingerprint density at radius 2 is 1.96 bits per heavy atom. The lowest BCUT2D eigenvalue weighted by atomic mass is 10.0. The number of rotatable bonds is 4. The number of carboxylic acid groups (broad SMARTS) is 1. The van der Waals surface area contributed by atoms with Gasteiger partial charge in [0.1, 0.15) is 6.04 Å². The Kier molecular flexibility index (Phi) is 4.30. The van der Waals surface area contributed by atoms with Crippen molar-refractivity contribution in [3.63, 3.8) is 0 Å². The van der Waals surface area contributed by atoms with Crippen molar-refractivity contribution < 1.29 is 19.4 Å². The molecule has 5 heteroatoms. The van der Waals surface area contributed by atoms with Gasteiger partial charge in [-0.15, -0.1) is 0 Å². The van der Waals surface area contributed by atoms with E-state index >= 15 is 0 Å². The van der Waals surface area contributed by atoms with Gasteiger partial charge in [0.2, 0.25) is 5.91 Å². The van der Waals surface area contributed by atoms with Gasteiger partial charge in [-0.1, -0.05) is 42.5 Å². The Balaban J connectivity index is 1.78. The third kappa shape index (κ3) is 3.19. The summed E-state index contributed by atoms with van der Waals surface area (Å²) < 4.78 is 5.22. The summed E-state index contributed by atoms with van der Waals surface area (Å²) in [6.07, 6.45) is 0.331. The molecule has 1 aliphatic heterocycles. The van der Waals surface area contributed by atoms with Crippen LogP contribution in [0.5, 0.6) is 0 Å². The van der Waals surface area contributed by atoms with Crippen molar-refractivity contribution in [3.05, 3.63) is 48.0 Å². The number of methoxy groups -OCH3 is 1. The summed E-state index contributed by atoms with van der Waals surface area (Å²) in [5.74, 6) is -1.15. The molecule has 2 aromatic rings. The van der Waals surface area contributed by atoms with Crippen LogP contribution in [0.2, 0.25) is 0 Å². The fourth-order valence-electron chi connectivity index (χ4n) is 3.10. The molecule has 1 fully saturated rings. The van der Waals surface area contributed by atoms with E-state index in [1.807, 2.05) is 42.5 Å². The van der Waals surface area contributed by atoms with Crippen LogP contribution in [-0.2, 0) is 20.7 Å². The lowest BCUT2D eigenvalue weighted by Crippen LogP contribution is -2.41. The molecule has 5 nitrogen and oxygen atoms in total. The van der Waals surface area contributed by atoms with E-state index in [2.05, 4.69) is 0 Å². The number of ether oxygens (including phenoxy) is 1. The van der Waals surface area contributed by atoms with Crippen LogP contribution in [-0.4, -0.2) is 47.7 Å². The number of carbonyl (C=O) groups excluding carboxylic acids is 1. The maximum Gasteiger partial charge on any atom is 0.326 e. The fraction of sp³-hybridized carbons (Fsp3) is 0.333. The second-order valence-corrected chi connectivity index (χ2v) is 5.85. The van der Waals surface area contributed by atoms with Crippen LogP contribution in [0.4, 0.5) is 0 Å². The number of amides is 1. The molecule has 0 radical (unpaired) electrons. The molecule has 0 bridgehead atoms. The van der Waals surface area contributed by atoms with Gasteiger partial charge in [-0.2, -0.15) is 0 Å². The highest BCUT2D eigenvalue weighted by molar-refractivity contribution is 5.88. The van der Waals surface area contributed by atoms with E-state index in [1.165, 1.54) is 4.90 Å². The van der Waals surface area contributed by atoms with Crippen molar-refractivity contribution in [2.24, 2.45) is 0 Å². The Morgan fingerprint density at radius 1 is 1.22 bits per heavy atom. The summed E-state index contributed by atoms with van der Waals surface area (Å²) in [6, 6.07) is 13.0. The van der Waals surface area contributed by atoms with Gasteiger partial charge in [-0.25, -0.2) is 4.79 Å². The summed E-state index contributed by atoms with van der Waals surface area (Å²) >= 11 is 0. The first kappa shape index (κ1) is 15.5. The maximum atomic E-state index is 12.5. The van der Waals surface area contributed by atoms with Crippen molar-refractivity contribution >= 4 is 22.6 Å². The minimum Gasteiger partial charge on any atom is -0.480 e. The molecule has 2 aromatic carbocycles. The van der Waals surface area contributed by atoms with Crippen LogP contribution in [0.1, 0.15) is 12.0 Å². The zero-order valence-corrected chi connectivity index (χ0v) is 12.9. The molecule has 0 saturated carbocycles. The number of fused-ring (bicyclic) bond motifs is 1. The van der Waals surface area contributed by atoms with Crippen LogP contribution in [0.25, 0.3) is 10.8 Å². The monoisotopic (exact) mass is 313 g/mol. The van der Waals surface area contributed by atoms with E-state index < -0.39 is 12.0 Å². The molecule has 23 heavy (non-hydrogen) atoms. The first-order chi connectivity index (χ1) is 11.1. The van der Waals surface area contributed by atoms with Crippen molar-refractivity contribution in [2.75, 3.05) is 13.7 Å². The van der Waals surface area contributed by atoms with E-state index in [4.69, 9.17) is 4.74 Å². The summed E-state index contributed by atoms with van der Waals surface area (Å²) in [7, 11) is 1.54. The minimum atomic E-state index is -0.976. The first-order valence-electron chi connectivity index (χ1n) is 7.61. The second kappa shape index (κ2) is 6.38. The van der Waals surface area contributed by atoms with Gasteiger partial charge in [-0.3, -0.25) is 4.79 Å². The van der Waals surface area contributed by atoms with Crippen molar-refractivity contribution in [3.8, 4) is 0 Å². The molecule has 1 aliphatic rings. The average Bonchev–Trinajstić information content (AvgIpc) is 2.99. The van der Waals surface area contributed by atoms with E-state index in [0.717, 1.165) is 16.3 Å². The molecule has 0 aliphatic carbocycles. The molecule has 1 saturated heterocycles. The molecule has 1 amide bonds. The number of benzene rings is 2. The standard InChI is InChI=1S/C18H19NO4/c1-23-15-10-16(18(21)22)19(11-15)17(20)9-12-6-7-13-4-2-3-5-14(13)8-12/h2-8,15-16H,9-11H2,1H3,(H,21,22). The number of likely N-dealkylation sites (tertiary alicyclic amines) is 1. The maximum absolute atomic E-state index is 12.5. The topological polar surface area (TPSA) is 66.8 Å². The zero-order chi connectivity index (χ0) is 16.4. The molecule has 0 aromatic heterocycles. The first-order valence-corrected chi connectivity index (χ1v) is 7.61. The van der Waals surface area contributed by atoms with Gasteiger partial charge in [-0.05, 0) is 16.3 Å². The second-order valence-electron chi connectivity index (χ2n) is 5.85. The van der Waals surface area contributed by atoms with Gasteiger partial charge in [0, 0.05) is 20.1 Å².